The number of benzene rings is 1. The van der Waals surface area contributed by atoms with Crippen LogP contribution in [0.5, 0.6) is 0 Å². The van der Waals surface area contributed by atoms with E-state index in [1.165, 1.54) is 0 Å². The molecule has 2 N–H and O–H groups in total. The van der Waals surface area contributed by atoms with Crippen LogP contribution in [0.25, 0.3) is 0 Å². The minimum Gasteiger partial charge on any atom is -0.463 e. The molecular formula is C16H19BrN2O2S. The van der Waals surface area contributed by atoms with Crippen molar-refractivity contribution in [1.82, 2.24) is 10.6 Å². The highest BCUT2D eigenvalue weighted by atomic mass is 79.9. The summed E-state index contributed by atoms with van der Waals surface area (Å²) in [5.74, 6) is -0.311. The normalized spacial score (nSPS) is 17.8. The van der Waals surface area contributed by atoms with Crippen LogP contribution in [0.15, 0.2) is 40.0 Å². The number of hydrogen-bond acceptors (Lipinski definition) is 3. The van der Waals surface area contributed by atoms with Crippen molar-refractivity contribution in [3.63, 3.8) is 0 Å². The van der Waals surface area contributed by atoms with Crippen LogP contribution in [-0.2, 0) is 9.53 Å². The molecule has 1 atom stereocenters. The van der Waals surface area contributed by atoms with Crippen molar-refractivity contribution >= 4 is 39.2 Å². The van der Waals surface area contributed by atoms with Gasteiger partial charge in [0, 0.05) is 10.2 Å². The SMILES string of the molecule is CCCC1=C(C(=O)OCC)[C@@H](c2ccccc2Br)NC(=S)N1. The van der Waals surface area contributed by atoms with Crippen LogP contribution in [0.3, 0.4) is 0 Å². The molecule has 0 spiro atoms. The highest BCUT2D eigenvalue weighted by Gasteiger charge is 2.32. The van der Waals surface area contributed by atoms with Crippen molar-refractivity contribution in [3.05, 3.63) is 45.6 Å². The topological polar surface area (TPSA) is 50.4 Å². The lowest BCUT2D eigenvalue weighted by Gasteiger charge is -2.31. The van der Waals surface area contributed by atoms with Crippen LogP contribution < -0.4 is 10.6 Å². The maximum Gasteiger partial charge on any atom is 0.338 e. The lowest BCUT2D eigenvalue weighted by atomic mass is 9.94. The molecule has 0 saturated carbocycles. The molecule has 118 valence electrons. The van der Waals surface area contributed by atoms with E-state index in [0.29, 0.717) is 17.3 Å². The van der Waals surface area contributed by atoms with E-state index in [9.17, 15) is 4.79 Å². The van der Waals surface area contributed by atoms with E-state index in [2.05, 4.69) is 33.5 Å². The van der Waals surface area contributed by atoms with Crippen LogP contribution in [-0.4, -0.2) is 17.7 Å². The summed E-state index contributed by atoms with van der Waals surface area (Å²) < 4.78 is 6.18. The fourth-order valence-electron chi connectivity index (χ4n) is 2.46. The smallest absolute Gasteiger partial charge is 0.338 e. The van der Waals surface area contributed by atoms with Crippen molar-refractivity contribution in [2.45, 2.75) is 32.7 Å². The minimum atomic E-state index is -0.315. The first kappa shape index (κ1) is 17.0. The molecule has 1 aromatic carbocycles. The lowest BCUT2D eigenvalue weighted by Crippen LogP contribution is -2.45. The lowest BCUT2D eigenvalue weighted by molar-refractivity contribution is -0.139. The van der Waals surface area contributed by atoms with E-state index in [4.69, 9.17) is 17.0 Å². The summed E-state index contributed by atoms with van der Waals surface area (Å²) in [6, 6.07) is 7.48. The Labute approximate surface area is 144 Å². The summed E-state index contributed by atoms with van der Waals surface area (Å²) >= 11 is 8.85. The first-order chi connectivity index (χ1) is 10.6. The van der Waals surface area contributed by atoms with Crippen LogP contribution in [0.1, 0.15) is 38.3 Å². The number of allylic oxidation sites excluding steroid dienone is 1. The third-order valence-electron chi connectivity index (χ3n) is 3.37. The molecule has 0 aromatic heterocycles. The molecule has 0 bridgehead atoms. The summed E-state index contributed by atoms with van der Waals surface area (Å²) in [5.41, 5.74) is 2.40. The molecule has 22 heavy (non-hydrogen) atoms. The monoisotopic (exact) mass is 382 g/mol. The minimum absolute atomic E-state index is 0.311. The number of thiocarbonyl (C=S) groups is 1. The summed E-state index contributed by atoms with van der Waals surface area (Å²) in [7, 11) is 0. The standard InChI is InChI=1S/C16H19BrN2O2S/c1-3-7-12-13(15(20)21-4-2)14(19-16(22)18-12)10-8-5-6-9-11(10)17/h5-6,8-9,14H,3-4,7H2,1-2H3,(H2,18,19,22)/t14-/m1/s1. The van der Waals surface area contributed by atoms with Crippen LogP contribution in [0.2, 0.25) is 0 Å². The van der Waals surface area contributed by atoms with E-state index >= 15 is 0 Å². The van der Waals surface area contributed by atoms with E-state index in [-0.39, 0.29) is 12.0 Å². The second-order valence-electron chi connectivity index (χ2n) is 4.92. The average Bonchev–Trinajstić information content (AvgIpc) is 2.47. The van der Waals surface area contributed by atoms with Crippen molar-refractivity contribution in [2.24, 2.45) is 0 Å². The summed E-state index contributed by atoms with van der Waals surface area (Å²) in [4.78, 5) is 12.5. The van der Waals surface area contributed by atoms with E-state index in [1.54, 1.807) is 6.92 Å². The van der Waals surface area contributed by atoms with Gasteiger partial charge in [-0.2, -0.15) is 0 Å². The Morgan fingerprint density at radius 3 is 2.73 bits per heavy atom. The van der Waals surface area contributed by atoms with Crippen molar-refractivity contribution in [2.75, 3.05) is 6.61 Å². The molecule has 1 heterocycles. The Bertz CT molecular complexity index is 616. The highest BCUT2D eigenvalue weighted by molar-refractivity contribution is 9.10. The number of hydrogen-bond donors (Lipinski definition) is 2. The quantitative estimate of drug-likeness (QED) is 0.601. The molecule has 0 fully saturated rings. The zero-order valence-electron chi connectivity index (χ0n) is 12.6. The fourth-order valence-corrected chi connectivity index (χ4v) is 3.21. The zero-order valence-corrected chi connectivity index (χ0v) is 15.0. The number of ether oxygens (including phenoxy) is 1. The molecule has 1 aliphatic rings. The third kappa shape index (κ3) is 3.67. The Morgan fingerprint density at radius 2 is 2.09 bits per heavy atom. The van der Waals surface area contributed by atoms with Gasteiger partial charge in [-0.05, 0) is 37.2 Å². The maximum absolute atomic E-state index is 12.5. The van der Waals surface area contributed by atoms with Crippen molar-refractivity contribution < 1.29 is 9.53 Å². The van der Waals surface area contributed by atoms with Gasteiger partial charge in [-0.3, -0.25) is 0 Å². The number of carbonyl (C=O) groups is 1. The highest BCUT2D eigenvalue weighted by Crippen LogP contribution is 2.33. The zero-order chi connectivity index (χ0) is 16.1. The Morgan fingerprint density at radius 1 is 1.36 bits per heavy atom. The largest absolute Gasteiger partial charge is 0.463 e. The maximum atomic E-state index is 12.5. The van der Waals surface area contributed by atoms with Gasteiger partial charge in [0.05, 0.1) is 18.2 Å². The number of carbonyl (C=O) groups excluding carboxylic acids is 1. The van der Waals surface area contributed by atoms with Crippen LogP contribution in [0.4, 0.5) is 0 Å². The summed E-state index contributed by atoms with van der Waals surface area (Å²) in [6.07, 6.45) is 1.66. The number of nitrogens with one attached hydrogen (secondary N) is 2. The van der Waals surface area contributed by atoms with Gasteiger partial charge in [-0.25, -0.2) is 4.79 Å². The molecule has 1 aliphatic heterocycles. The first-order valence-electron chi connectivity index (χ1n) is 7.30. The second kappa shape index (κ2) is 7.74. The second-order valence-corrected chi connectivity index (χ2v) is 6.18. The molecule has 2 rings (SSSR count). The van der Waals surface area contributed by atoms with Gasteiger partial charge in [0.2, 0.25) is 0 Å². The first-order valence-corrected chi connectivity index (χ1v) is 8.50. The Balaban J connectivity index is 2.52. The van der Waals surface area contributed by atoms with Crippen molar-refractivity contribution in [1.29, 1.82) is 0 Å². The van der Waals surface area contributed by atoms with Crippen molar-refractivity contribution in [3.8, 4) is 0 Å². The van der Waals surface area contributed by atoms with Gasteiger partial charge in [0.15, 0.2) is 5.11 Å². The van der Waals surface area contributed by atoms with Gasteiger partial charge >= 0.3 is 5.97 Å². The molecular weight excluding hydrogens is 364 g/mol. The fraction of sp³-hybridized carbons (Fsp3) is 0.375. The van der Waals surface area contributed by atoms with Gasteiger partial charge < -0.3 is 15.4 Å². The Kier molecular flexibility index (Phi) is 5.97. The average molecular weight is 383 g/mol. The van der Waals surface area contributed by atoms with Gasteiger partial charge in [0.25, 0.3) is 0 Å². The third-order valence-corrected chi connectivity index (χ3v) is 4.31. The van der Waals surface area contributed by atoms with E-state index in [0.717, 1.165) is 28.6 Å². The predicted octanol–water partition coefficient (Wildman–Crippen LogP) is 3.59. The molecule has 0 amide bonds. The molecule has 6 heteroatoms. The predicted molar refractivity (Wildman–Crippen MR) is 94.3 cm³/mol. The molecule has 0 saturated heterocycles. The van der Waals surface area contributed by atoms with Gasteiger partial charge in [-0.1, -0.05) is 47.5 Å². The summed E-state index contributed by atoms with van der Waals surface area (Å²) in [5, 5.41) is 6.82. The molecule has 0 unspecified atom stereocenters. The Hall–Kier alpha value is -1.40. The van der Waals surface area contributed by atoms with E-state index in [1.807, 2.05) is 24.3 Å². The number of esters is 1. The van der Waals surface area contributed by atoms with Gasteiger partial charge in [0.1, 0.15) is 0 Å². The molecule has 0 radical (unpaired) electrons. The summed E-state index contributed by atoms with van der Waals surface area (Å²) in [6.45, 7) is 4.21. The number of halogens is 1. The number of rotatable bonds is 5. The molecule has 0 aliphatic carbocycles. The van der Waals surface area contributed by atoms with Crippen LogP contribution >= 0.6 is 28.1 Å². The van der Waals surface area contributed by atoms with Crippen LogP contribution in [0, 0.1) is 0 Å². The molecule has 4 nitrogen and oxygen atoms in total. The molecule has 1 aromatic rings. The van der Waals surface area contributed by atoms with Gasteiger partial charge in [-0.15, -0.1) is 0 Å². The van der Waals surface area contributed by atoms with E-state index < -0.39 is 0 Å².